The molecule has 0 saturated carbocycles. The van der Waals surface area contributed by atoms with Gasteiger partial charge in [-0.05, 0) is 17.7 Å². The summed E-state index contributed by atoms with van der Waals surface area (Å²) in [5.74, 6) is 1.01. The highest BCUT2D eigenvalue weighted by Crippen LogP contribution is 2.21. The van der Waals surface area contributed by atoms with Crippen molar-refractivity contribution in [3.05, 3.63) is 29.3 Å². The van der Waals surface area contributed by atoms with Crippen LogP contribution in [0.15, 0.2) is 18.2 Å². The lowest BCUT2D eigenvalue weighted by atomic mass is 10.1. The second-order valence-electron chi connectivity index (χ2n) is 4.73. The molecule has 0 bridgehead atoms. The molecule has 3 N–H and O–H groups in total. The van der Waals surface area contributed by atoms with E-state index in [0.29, 0.717) is 19.5 Å². The first-order chi connectivity index (χ1) is 9.22. The number of nitrogens with zero attached hydrogens (tertiary/aromatic N) is 1. The van der Waals surface area contributed by atoms with Gasteiger partial charge in [-0.3, -0.25) is 9.69 Å². The van der Waals surface area contributed by atoms with Gasteiger partial charge in [-0.15, -0.1) is 0 Å². The van der Waals surface area contributed by atoms with Crippen molar-refractivity contribution in [2.75, 3.05) is 26.7 Å². The van der Waals surface area contributed by atoms with Gasteiger partial charge >= 0.3 is 0 Å². The number of carbonyl (C=O) groups is 1. The molecule has 1 aliphatic rings. The van der Waals surface area contributed by atoms with Gasteiger partial charge in [0, 0.05) is 44.7 Å². The number of ether oxygens (including phenoxy) is 1. The summed E-state index contributed by atoms with van der Waals surface area (Å²) in [5, 5.41) is 2.88. The number of hydrogen-bond acceptors (Lipinski definition) is 4. The first-order valence-electron chi connectivity index (χ1n) is 6.58. The van der Waals surface area contributed by atoms with E-state index < -0.39 is 0 Å². The Kier molecular flexibility index (Phi) is 4.76. The van der Waals surface area contributed by atoms with E-state index in [4.69, 9.17) is 10.5 Å². The summed E-state index contributed by atoms with van der Waals surface area (Å²) in [5.41, 5.74) is 7.90. The summed E-state index contributed by atoms with van der Waals surface area (Å²) < 4.78 is 5.39. The summed E-state index contributed by atoms with van der Waals surface area (Å²) in [6, 6.07) is 6.02. The highest BCUT2D eigenvalue weighted by Gasteiger charge is 2.15. The van der Waals surface area contributed by atoms with Crippen LogP contribution in [0.2, 0.25) is 0 Å². The Morgan fingerprint density at radius 1 is 1.42 bits per heavy atom. The van der Waals surface area contributed by atoms with Crippen molar-refractivity contribution in [2.45, 2.75) is 19.5 Å². The lowest BCUT2D eigenvalue weighted by molar-refractivity contribution is -0.120. The number of nitrogens with one attached hydrogen (secondary N) is 1. The zero-order valence-corrected chi connectivity index (χ0v) is 11.3. The van der Waals surface area contributed by atoms with Crippen LogP contribution in [0.1, 0.15) is 17.5 Å². The lowest BCUT2D eigenvalue weighted by Gasteiger charge is -2.21. The van der Waals surface area contributed by atoms with Crippen molar-refractivity contribution in [3.8, 4) is 5.75 Å². The minimum absolute atomic E-state index is 0.130. The van der Waals surface area contributed by atoms with Crippen LogP contribution in [0, 0.1) is 0 Å². The van der Waals surface area contributed by atoms with Crippen LogP contribution in [-0.4, -0.2) is 37.6 Å². The van der Waals surface area contributed by atoms with Gasteiger partial charge in [0.05, 0.1) is 7.11 Å². The zero-order valence-electron chi connectivity index (χ0n) is 11.3. The van der Waals surface area contributed by atoms with Crippen molar-refractivity contribution in [3.63, 3.8) is 0 Å². The number of carbonyl (C=O) groups excluding carboxylic acids is 1. The second kappa shape index (κ2) is 6.54. The summed E-state index contributed by atoms with van der Waals surface area (Å²) in [6.45, 7) is 3.66. The van der Waals surface area contributed by atoms with Crippen LogP contribution in [0.5, 0.6) is 5.75 Å². The van der Waals surface area contributed by atoms with E-state index in [9.17, 15) is 4.79 Å². The molecule has 1 aromatic rings. The van der Waals surface area contributed by atoms with Crippen molar-refractivity contribution in [2.24, 2.45) is 5.73 Å². The molecule has 1 aliphatic heterocycles. The quantitative estimate of drug-likeness (QED) is 0.829. The van der Waals surface area contributed by atoms with E-state index in [-0.39, 0.29) is 5.91 Å². The third kappa shape index (κ3) is 3.68. The molecule has 5 heteroatoms. The fraction of sp³-hybridized carbons (Fsp3) is 0.500. The summed E-state index contributed by atoms with van der Waals surface area (Å²) in [6.07, 6.45) is 0.554. The highest BCUT2D eigenvalue weighted by atomic mass is 16.5. The fourth-order valence-corrected chi connectivity index (χ4v) is 2.29. The minimum atomic E-state index is 0.130. The molecule has 0 radical (unpaired) electrons. The molecule has 1 aromatic carbocycles. The Hall–Kier alpha value is -1.59. The van der Waals surface area contributed by atoms with Gasteiger partial charge in [-0.2, -0.15) is 0 Å². The fourth-order valence-electron chi connectivity index (χ4n) is 2.29. The van der Waals surface area contributed by atoms with E-state index in [1.165, 1.54) is 0 Å². The molecule has 0 aromatic heterocycles. The first-order valence-corrected chi connectivity index (χ1v) is 6.58. The predicted octanol–water partition coefficient (Wildman–Crippen LogP) is 0.476. The molecule has 104 valence electrons. The zero-order chi connectivity index (χ0) is 13.7. The number of nitrogens with two attached hydrogens (primary N) is 1. The summed E-state index contributed by atoms with van der Waals surface area (Å²) in [7, 11) is 1.68. The number of benzene rings is 1. The molecule has 1 saturated heterocycles. The molecule has 5 nitrogen and oxygen atoms in total. The van der Waals surface area contributed by atoms with Gasteiger partial charge < -0.3 is 15.8 Å². The lowest BCUT2D eigenvalue weighted by Crippen LogP contribution is -2.28. The third-order valence-electron chi connectivity index (χ3n) is 3.38. The van der Waals surface area contributed by atoms with E-state index in [1.807, 2.05) is 12.1 Å². The number of hydrogen-bond donors (Lipinski definition) is 2. The van der Waals surface area contributed by atoms with E-state index in [1.54, 1.807) is 7.11 Å². The van der Waals surface area contributed by atoms with E-state index >= 15 is 0 Å². The van der Waals surface area contributed by atoms with Crippen LogP contribution in [-0.2, 0) is 17.9 Å². The van der Waals surface area contributed by atoms with Crippen LogP contribution < -0.4 is 15.8 Å². The van der Waals surface area contributed by atoms with Crippen molar-refractivity contribution < 1.29 is 9.53 Å². The Balaban J connectivity index is 2.10. The number of amides is 1. The van der Waals surface area contributed by atoms with Crippen LogP contribution in [0.3, 0.4) is 0 Å². The average Bonchev–Trinajstić information content (AvgIpc) is 2.63. The minimum Gasteiger partial charge on any atom is -0.496 e. The second-order valence-corrected chi connectivity index (χ2v) is 4.73. The Bertz CT molecular complexity index is 448. The Labute approximate surface area is 113 Å². The third-order valence-corrected chi connectivity index (χ3v) is 3.38. The largest absolute Gasteiger partial charge is 0.496 e. The molecular formula is C14H21N3O2. The van der Waals surface area contributed by atoms with E-state index in [2.05, 4.69) is 16.3 Å². The highest BCUT2D eigenvalue weighted by molar-refractivity contribution is 5.76. The van der Waals surface area contributed by atoms with Gasteiger partial charge in [-0.1, -0.05) is 6.07 Å². The van der Waals surface area contributed by atoms with Gasteiger partial charge in [0.15, 0.2) is 0 Å². The SMILES string of the molecule is COc1ccc(CN)cc1CN1CCNC(=O)CC1. The maximum Gasteiger partial charge on any atom is 0.221 e. The van der Waals surface area contributed by atoms with Gasteiger partial charge in [0.1, 0.15) is 5.75 Å². The predicted molar refractivity (Wildman–Crippen MR) is 73.8 cm³/mol. The molecule has 1 heterocycles. The normalized spacial score (nSPS) is 16.8. The maximum absolute atomic E-state index is 11.3. The molecule has 1 amide bonds. The van der Waals surface area contributed by atoms with Crippen LogP contribution in [0.25, 0.3) is 0 Å². The monoisotopic (exact) mass is 263 g/mol. The standard InChI is InChI=1S/C14H21N3O2/c1-19-13-3-2-11(9-15)8-12(13)10-17-6-4-14(18)16-5-7-17/h2-3,8H,4-7,9-10,15H2,1H3,(H,16,18). The summed E-state index contributed by atoms with van der Waals surface area (Å²) in [4.78, 5) is 13.6. The Morgan fingerprint density at radius 3 is 3.00 bits per heavy atom. The van der Waals surface area contributed by atoms with Gasteiger partial charge in [0.25, 0.3) is 0 Å². The maximum atomic E-state index is 11.3. The Morgan fingerprint density at radius 2 is 2.26 bits per heavy atom. The molecule has 0 aliphatic carbocycles. The van der Waals surface area contributed by atoms with Crippen LogP contribution >= 0.6 is 0 Å². The molecule has 0 unspecified atom stereocenters. The average molecular weight is 263 g/mol. The van der Waals surface area contributed by atoms with Gasteiger partial charge in [0.2, 0.25) is 5.91 Å². The molecule has 0 atom stereocenters. The van der Waals surface area contributed by atoms with E-state index in [0.717, 1.165) is 36.5 Å². The van der Waals surface area contributed by atoms with Crippen LogP contribution in [0.4, 0.5) is 0 Å². The molecule has 2 rings (SSSR count). The van der Waals surface area contributed by atoms with Crippen molar-refractivity contribution in [1.82, 2.24) is 10.2 Å². The molecular weight excluding hydrogens is 242 g/mol. The molecule has 1 fully saturated rings. The van der Waals surface area contributed by atoms with Crippen molar-refractivity contribution >= 4 is 5.91 Å². The molecule has 0 spiro atoms. The smallest absolute Gasteiger partial charge is 0.221 e. The van der Waals surface area contributed by atoms with Crippen molar-refractivity contribution in [1.29, 1.82) is 0 Å². The molecule has 19 heavy (non-hydrogen) atoms. The first kappa shape index (κ1) is 13.8. The number of rotatable bonds is 4. The number of methoxy groups -OCH3 is 1. The summed E-state index contributed by atoms with van der Waals surface area (Å²) >= 11 is 0. The topological polar surface area (TPSA) is 67.6 Å². The van der Waals surface area contributed by atoms with Gasteiger partial charge in [-0.25, -0.2) is 0 Å².